The van der Waals surface area contributed by atoms with Crippen molar-refractivity contribution in [1.29, 1.82) is 0 Å². The summed E-state index contributed by atoms with van der Waals surface area (Å²) >= 11 is 0. The van der Waals surface area contributed by atoms with Crippen molar-refractivity contribution in [1.82, 2.24) is 14.9 Å². The molecule has 0 saturated carbocycles. The molecule has 1 N–H and O–H groups in total. The molecule has 0 radical (unpaired) electrons. The fraction of sp³-hybridized carbons (Fsp3) is 0.591. The Hall–Kier alpha value is -2.41. The van der Waals surface area contributed by atoms with Gasteiger partial charge in [-0.3, -0.25) is 0 Å². The highest BCUT2D eigenvalue weighted by Crippen LogP contribution is 2.33. The Bertz CT molecular complexity index is 887. The first-order valence-corrected chi connectivity index (χ1v) is 10.5. The van der Waals surface area contributed by atoms with Crippen LogP contribution in [0.2, 0.25) is 0 Å². The highest BCUT2D eigenvalue weighted by atomic mass is 16.6. The quantitative estimate of drug-likeness (QED) is 0.836. The zero-order valence-corrected chi connectivity index (χ0v) is 17.5. The number of rotatable bonds is 2. The van der Waals surface area contributed by atoms with Crippen molar-refractivity contribution < 1.29 is 14.6 Å². The normalized spacial score (nSPS) is 21.0. The van der Waals surface area contributed by atoms with Crippen molar-refractivity contribution >= 4 is 22.7 Å². The number of aliphatic hydroxyl groups is 1. The van der Waals surface area contributed by atoms with Crippen LogP contribution in [-0.2, 0) is 4.74 Å². The number of piperidine rings is 1. The topological polar surface area (TPSA) is 78.8 Å². The lowest BCUT2D eigenvalue weighted by molar-refractivity contribution is 0.0204. The highest BCUT2D eigenvalue weighted by Gasteiger charge is 2.29. The fourth-order valence-corrected chi connectivity index (χ4v) is 4.23. The Morgan fingerprint density at radius 3 is 2.55 bits per heavy atom. The molecule has 29 heavy (non-hydrogen) atoms. The van der Waals surface area contributed by atoms with Gasteiger partial charge in [-0.1, -0.05) is 0 Å². The van der Waals surface area contributed by atoms with Crippen LogP contribution >= 0.6 is 0 Å². The first kappa shape index (κ1) is 19.9. The summed E-state index contributed by atoms with van der Waals surface area (Å²) in [5.74, 6) is 0.304. The minimum Gasteiger partial charge on any atom is -0.444 e. The number of likely N-dealkylation sites (tertiary alicyclic amines) is 1. The molecular weight excluding hydrogens is 368 g/mol. The molecule has 1 aromatic heterocycles. The van der Waals surface area contributed by atoms with Gasteiger partial charge < -0.3 is 19.6 Å². The molecule has 0 spiro atoms. The number of nitrogens with zero attached hydrogens (tertiary/aromatic N) is 4. The van der Waals surface area contributed by atoms with Crippen LogP contribution in [0.15, 0.2) is 24.5 Å². The molecule has 0 unspecified atom stereocenters. The number of ether oxygens (including phenoxy) is 1. The minimum absolute atomic E-state index is 0.235. The summed E-state index contributed by atoms with van der Waals surface area (Å²) in [6, 6.07) is 6.29. The van der Waals surface area contributed by atoms with E-state index in [0.29, 0.717) is 25.6 Å². The molecule has 2 fully saturated rings. The molecule has 2 saturated heterocycles. The van der Waals surface area contributed by atoms with E-state index in [1.165, 1.54) is 0 Å². The van der Waals surface area contributed by atoms with Gasteiger partial charge in [0, 0.05) is 43.2 Å². The number of hydrogen-bond donors (Lipinski definition) is 1. The minimum atomic E-state index is -0.472. The van der Waals surface area contributed by atoms with Crippen molar-refractivity contribution in [2.45, 2.75) is 57.7 Å². The van der Waals surface area contributed by atoms with E-state index < -0.39 is 5.60 Å². The molecule has 156 valence electrons. The third kappa shape index (κ3) is 4.45. The van der Waals surface area contributed by atoms with Crippen molar-refractivity contribution in [3.63, 3.8) is 0 Å². The Labute approximate surface area is 171 Å². The van der Waals surface area contributed by atoms with Gasteiger partial charge in [0.1, 0.15) is 11.9 Å². The van der Waals surface area contributed by atoms with Crippen LogP contribution in [0.3, 0.4) is 0 Å². The maximum absolute atomic E-state index is 12.3. The average Bonchev–Trinajstić information content (AvgIpc) is 3.12. The molecule has 2 aliphatic heterocycles. The van der Waals surface area contributed by atoms with Crippen molar-refractivity contribution in [2.75, 3.05) is 31.1 Å². The smallest absolute Gasteiger partial charge is 0.410 e. The Morgan fingerprint density at radius 1 is 1.14 bits per heavy atom. The van der Waals surface area contributed by atoms with Gasteiger partial charge in [-0.2, -0.15) is 0 Å². The van der Waals surface area contributed by atoms with E-state index in [-0.39, 0.29) is 12.2 Å². The molecule has 2 aromatic rings. The third-order valence-electron chi connectivity index (χ3n) is 5.71. The fourth-order valence-electron chi connectivity index (χ4n) is 4.23. The van der Waals surface area contributed by atoms with Crippen molar-refractivity contribution in [3.8, 4) is 0 Å². The monoisotopic (exact) mass is 398 g/mol. The maximum atomic E-state index is 12.3. The molecule has 1 atom stereocenters. The molecule has 1 aromatic carbocycles. The predicted molar refractivity (Wildman–Crippen MR) is 112 cm³/mol. The van der Waals surface area contributed by atoms with Gasteiger partial charge in [0.05, 0.1) is 17.3 Å². The predicted octanol–water partition coefficient (Wildman–Crippen LogP) is 3.32. The molecule has 4 rings (SSSR count). The van der Waals surface area contributed by atoms with Gasteiger partial charge in [-0.05, 0) is 58.2 Å². The van der Waals surface area contributed by atoms with Gasteiger partial charge >= 0.3 is 6.09 Å². The van der Waals surface area contributed by atoms with Crippen molar-refractivity contribution in [2.24, 2.45) is 0 Å². The third-order valence-corrected chi connectivity index (χ3v) is 5.71. The molecule has 2 aliphatic rings. The van der Waals surface area contributed by atoms with Crippen molar-refractivity contribution in [3.05, 3.63) is 30.2 Å². The largest absolute Gasteiger partial charge is 0.444 e. The van der Waals surface area contributed by atoms with Crippen LogP contribution in [0, 0.1) is 0 Å². The summed E-state index contributed by atoms with van der Waals surface area (Å²) in [6.07, 6.45) is 3.70. The zero-order chi connectivity index (χ0) is 20.6. The second kappa shape index (κ2) is 7.78. The summed E-state index contributed by atoms with van der Waals surface area (Å²) in [5, 5.41) is 10.9. The van der Waals surface area contributed by atoms with E-state index in [1.807, 2.05) is 20.8 Å². The molecule has 1 amide bonds. The highest BCUT2D eigenvalue weighted by molar-refractivity contribution is 5.84. The lowest BCUT2D eigenvalue weighted by Crippen LogP contribution is -2.41. The second-order valence-corrected chi connectivity index (χ2v) is 9.09. The first-order valence-electron chi connectivity index (χ1n) is 10.5. The SMILES string of the molecule is CC(C)(C)OC(=O)N1CCC(c2ncnc3cc(N4CC[C@@H](O)C4)ccc23)CC1. The Morgan fingerprint density at radius 2 is 1.90 bits per heavy atom. The first-order chi connectivity index (χ1) is 13.8. The van der Waals surface area contributed by atoms with Gasteiger partial charge in [0.15, 0.2) is 0 Å². The summed E-state index contributed by atoms with van der Waals surface area (Å²) in [6.45, 7) is 8.56. The van der Waals surface area contributed by atoms with E-state index >= 15 is 0 Å². The average molecular weight is 399 g/mol. The molecule has 0 aliphatic carbocycles. The molecule has 0 bridgehead atoms. The molecule has 3 heterocycles. The maximum Gasteiger partial charge on any atom is 0.410 e. The lowest BCUT2D eigenvalue weighted by Gasteiger charge is -2.33. The van der Waals surface area contributed by atoms with Crippen LogP contribution in [0.4, 0.5) is 10.5 Å². The number of carbonyl (C=O) groups excluding carboxylic acids is 1. The van der Waals surface area contributed by atoms with Crippen LogP contribution < -0.4 is 4.90 Å². The van der Waals surface area contributed by atoms with Gasteiger partial charge in [-0.25, -0.2) is 14.8 Å². The number of amides is 1. The van der Waals surface area contributed by atoms with Crippen LogP contribution in [-0.4, -0.2) is 64.0 Å². The number of benzene rings is 1. The number of carbonyl (C=O) groups is 1. The number of aliphatic hydroxyl groups excluding tert-OH is 1. The summed E-state index contributed by atoms with van der Waals surface area (Å²) in [4.78, 5) is 25.4. The molecule has 7 nitrogen and oxygen atoms in total. The summed E-state index contributed by atoms with van der Waals surface area (Å²) < 4.78 is 5.50. The number of hydrogen-bond acceptors (Lipinski definition) is 6. The van der Waals surface area contributed by atoms with E-state index in [9.17, 15) is 9.90 Å². The van der Waals surface area contributed by atoms with Gasteiger partial charge in [0.2, 0.25) is 0 Å². The van der Waals surface area contributed by atoms with Gasteiger partial charge in [-0.15, -0.1) is 0 Å². The number of fused-ring (bicyclic) bond motifs is 1. The van der Waals surface area contributed by atoms with E-state index in [0.717, 1.165) is 48.1 Å². The van der Waals surface area contributed by atoms with Crippen LogP contribution in [0.5, 0.6) is 0 Å². The number of β-amino-alcohol motifs (C(OH)–C–C–N with tert-alkyl or cyclic N) is 1. The van der Waals surface area contributed by atoms with E-state index in [1.54, 1.807) is 11.2 Å². The second-order valence-electron chi connectivity index (χ2n) is 9.09. The summed E-state index contributed by atoms with van der Waals surface area (Å²) in [7, 11) is 0. The number of anilines is 1. The van der Waals surface area contributed by atoms with Gasteiger partial charge in [0.25, 0.3) is 0 Å². The van der Waals surface area contributed by atoms with E-state index in [4.69, 9.17) is 4.74 Å². The molecular formula is C22H30N4O3. The number of aromatic nitrogens is 2. The van der Waals surface area contributed by atoms with Crippen LogP contribution in [0.25, 0.3) is 10.9 Å². The zero-order valence-electron chi connectivity index (χ0n) is 17.5. The Kier molecular flexibility index (Phi) is 5.34. The lowest BCUT2D eigenvalue weighted by atomic mass is 9.91. The van der Waals surface area contributed by atoms with Crippen LogP contribution in [0.1, 0.15) is 51.6 Å². The van der Waals surface area contributed by atoms with E-state index in [2.05, 4.69) is 33.1 Å². The summed E-state index contributed by atoms with van der Waals surface area (Å²) in [5.41, 5.74) is 2.62. The Balaban J connectivity index is 1.48. The standard InChI is InChI=1S/C22H30N4O3/c1-22(2,3)29-21(28)25-9-6-15(7-10-25)20-18-5-4-16(12-19(18)23-14-24-20)26-11-8-17(27)13-26/h4-5,12,14-15,17,27H,6-11,13H2,1-3H3/t17-/m1/s1. The molecule has 7 heteroatoms.